The molecule has 0 saturated heterocycles. The van der Waals surface area contributed by atoms with Crippen molar-refractivity contribution in [3.63, 3.8) is 0 Å². The molecule has 0 fully saturated rings. The Labute approximate surface area is 146 Å². The highest BCUT2D eigenvalue weighted by Crippen LogP contribution is 2.31. The van der Waals surface area contributed by atoms with Crippen molar-refractivity contribution >= 4 is 12.0 Å². The van der Waals surface area contributed by atoms with Crippen LogP contribution in [-0.4, -0.2) is 46.1 Å². The highest BCUT2D eigenvalue weighted by Gasteiger charge is 2.32. The van der Waals surface area contributed by atoms with Gasteiger partial charge in [-0.2, -0.15) is 0 Å². The summed E-state index contributed by atoms with van der Waals surface area (Å²) in [6.45, 7) is 3.71. The monoisotopic (exact) mass is 342 g/mol. The molecule has 1 atom stereocenters. The summed E-state index contributed by atoms with van der Waals surface area (Å²) in [5, 5.41) is 2.83. The lowest BCUT2D eigenvalue weighted by molar-refractivity contribution is -0.142. The van der Waals surface area contributed by atoms with Gasteiger partial charge in [-0.15, -0.1) is 0 Å². The summed E-state index contributed by atoms with van der Waals surface area (Å²) in [5.74, 6) is -0.305. The van der Waals surface area contributed by atoms with E-state index in [-0.39, 0.29) is 31.0 Å². The van der Waals surface area contributed by atoms with Crippen LogP contribution in [0.15, 0.2) is 42.9 Å². The summed E-state index contributed by atoms with van der Waals surface area (Å²) >= 11 is 0. The van der Waals surface area contributed by atoms with Crippen LogP contribution in [0.5, 0.6) is 0 Å². The average Bonchev–Trinajstić information content (AvgIpc) is 3.10. The van der Waals surface area contributed by atoms with Crippen LogP contribution in [-0.2, 0) is 16.1 Å². The fourth-order valence-corrected chi connectivity index (χ4v) is 3.10. The van der Waals surface area contributed by atoms with Crippen LogP contribution in [0, 0.1) is 0 Å². The molecule has 0 saturated carbocycles. The highest BCUT2D eigenvalue weighted by atomic mass is 16.5. The molecule has 25 heavy (non-hydrogen) atoms. The molecule has 132 valence electrons. The van der Waals surface area contributed by atoms with Crippen molar-refractivity contribution in [1.82, 2.24) is 19.8 Å². The molecule has 2 aromatic heterocycles. The molecule has 0 aliphatic carbocycles. The van der Waals surface area contributed by atoms with E-state index in [9.17, 15) is 9.59 Å². The Morgan fingerprint density at radius 3 is 2.84 bits per heavy atom. The molecule has 3 heterocycles. The number of fused-ring (bicyclic) bond motifs is 1. The molecule has 3 rings (SSSR count). The van der Waals surface area contributed by atoms with Gasteiger partial charge in [-0.3, -0.25) is 9.78 Å². The molecule has 1 aliphatic rings. The zero-order valence-electron chi connectivity index (χ0n) is 14.2. The molecule has 0 radical (unpaired) electrons. The molecule has 1 aliphatic heterocycles. The smallest absolute Gasteiger partial charge is 0.318 e. The molecule has 0 bridgehead atoms. The van der Waals surface area contributed by atoms with Gasteiger partial charge in [0.15, 0.2) is 0 Å². The Hall–Kier alpha value is -2.83. The lowest BCUT2D eigenvalue weighted by Gasteiger charge is -2.37. The van der Waals surface area contributed by atoms with E-state index in [0.29, 0.717) is 13.2 Å². The standard InChI is InChI=1S/C18H22N4O3/c1-2-25-16(23)7-10-20-18(24)22-13-12-21-11-3-4-15(21)17(22)14-5-8-19-9-6-14/h3-6,8-9,11,17H,2,7,10,12-13H2,1H3,(H,20,24). The SMILES string of the molecule is CCOC(=O)CCNC(=O)N1CCn2cccc2C1c1ccncc1. The number of hydrogen-bond acceptors (Lipinski definition) is 4. The minimum Gasteiger partial charge on any atom is -0.466 e. The van der Waals surface area contributed by atoms with Crippen molar-refractivity contribution in [1.29, 1.82) is 0 Å². The van der Waals surface area contributed by atoms with Crippen molar-refractivity contribution < 1.29 is 14.3 Å². The van der Waals surface area contributed by atoms with Gasteiger partial charge >= 0.3 is 12.0 Å². The van der Waals surface area contributed by atoms with Crippen molar-refractivity contribution in [3.8, 4) is 0 Å². The van der Waals surface area contributed by atoms with Gasteiger partial charge in [0, 0.05) is 43.9 Å². The molecule has 2 aromatic rings. The van der Waals surface area contributed by atoms with Gasteiger partial charge in [-0.05, 0) is 36.8 Å². The largest absolute Gasteiger partial charge is 0.466 e. The van der Waals surface area contributed by atoms with Crippen molar-refractivity contribution in [3.05, 3.63) is 54.1 Å². The zero-order valence-corrected chi connectivity index (χ0v) is 14.2. The zero-order chi connectivity index (χ0) is 17.6. The number of nitrogens with one attached hydrogen (secondary N) is 1. The molecular formula is C18H22N4O3. The quantitative estimate of drug-likeness (QED) is 0.843. The van der Waals surface area contributed by atoms with Crippen LogP contribution in [0.2, 0.25) is 0 Å². The molecule has 2 amide bonds. The second-order valence-corrected chi connectivity index (χ2v) is 5.79. The van der Waals surface area contributed by atoms with E-state index in [1.165, 1.54) is 0 Å². The molecular weight excluding hydrogens is 320 g/mol. The number of rotatable bonds is 5. The number of urea groups is 1. The Morgan fingerprint density at radius 1 is 1.28 bits per heavy atom. The molecule has 0 aromatic carbocycles. The maximum atomic E-state index is 12.7. The predicted octanol–water partition coefficient (Wildman–Crippen LogP) is 1.95. The first-order valence-corrected chi connectivity index (χ1v) is 8.45. The maximum absolute atomic E-state index is 12.7. The normalized spacial score (nSPS) is 16.2. The van der Waals surface area contributed by atoms with E-state index in [1.54, 1.807) is 24.2 Å². The third-order valence-electron chi connectivity index (χ3n) is 4.23. The Morgan fingerprint density at radius 2 is 2.08 bits per heavy atom. The number of hydrogen-bond donors (Lipinski definition) is 1. The molecule has 0 spiro atoms. The third-order valence-corrected chi connectivity index (χ3v) is 4.23. The van der Waals surface area contributed by atoms with E-state index < -0.39 is 0 Å². The fraction of sp³-hybridized carbons (Fsp3) is 0.389. The van der Waals surface area contributed by atoms with Gasteiger partial charge in [-0.1, -0.05) is 0 Å². The van der Waals surface area contributed by atoms with Gasteiger partial charge in [0.2, 0.25) is 0 Å². The number of amides is 2. The summed E-state index contributed by atoms with van der Waals surface area (Å²) in [6.07, 6.45) is 5.66. The minimum absolute atomic E-state index is 0.170. The second kappa shape index (κ2) is 7.83. The first-order valence-electron chi connectivity index (χ1n) is 8.45. The number of carbonyl (C=O) groups is 2. The van der Waals surface area contributed by atoms with Gasteiger partial charge < -0.3 is 19.5 Å². The molecule has 7 heteroatoms. The predicted molar refractivity (Wildman–Crippen MR) is 91.9 cm³/mol. The first kappa shape index (κ1) is 17.0. The van der Waals surface area contributed by atoms with Crippen LogP contribution >= 0.6 is 0 Å². The Balaban J connectivity index is 1.73. The number of nitrogens with zero attached hydrogens (tertiary/aromatic N) is 3. The van der Waals surface area contributed by atoms with Crippen molar-refractivity contribution in [2.24, 2.45) is 0 Å². The summed E-state index contributed by atoms with van der Waals surface area (Å²) in [4.78, 5) is 30.0. The van der Waals surface area contributed by atoms with Gasteiger partial charge in [0.1, 0.15) is 0 Å². The van der Waals surface area contributed by atoms with Crippen LogP contribution < -0.4 is 5.32 Å². The lowest BCUT2D eigenvalue weighted by atomic mass is 10.0. The number of pyridine rings is 1. The van der Waals surface area contributed by atoms with Gasteiger partial charge in [-0.25, -0.2) is 4.79 Å². The van der Waals surface area contributed by atoms with Crippen LogP contribution in [0.1, 0.15) is 30.6 Å². The van der Waals surface area contributed by atoms with Crippen molar-refractivity contribution in [2.75, 3.05) is 19.7 Å². The number of ether oxygens (including phenoxy) is 1. The number of carbonyl (C=O) groups excluding carboxylic acids is 2. The van der Waals surface area contributed by atoms with Crippen LogP contribution in [0.3, 0.4) is 0 Å². The lowest BCUT2D eigenvalue weighted by Crippen LogP contribution is -2.47. The Bertz CT molecular complexity index is 729. The molecule has 1 N–H and O–H groups in total. The Kier molecular flexibility index (Phi) is 5.33. The van der Waals surface area contributed by atoms with Crippen molar-refractivity contribution in [2.45, 2.75) is 25.9 Å². The van der Waals surface area contributed by atoms with Crippen LogP contribution in [0.25, 0.3) is 0 Å². The fourth-order valence-electron chi connectivity index (χ4n) is 3.10. The maximum Gasteiger partial charge on any atom is 0.318 e. The number of aromatic nitrogens is 2. The van der Waals surface area contributed by atoms with E-state index in [4.69, 9.17) is 4.74 Å². The first-order chi connectivity index (χ1) is 12.2. The minimum atomic E-state index is -0.305. The second-order valence-electron chi connectivity index (χ2n) is 5.79. The van der Waals surface area contributed by atoms with Gasteiger partial charge in [0.25, 0.3) is 0 Å². The summed E-state index contributed by atoms with van der Waals surface area (Å²) in [6, 6.07) is 7.51. The summed E-state index contributed by atoms with van der Waals surface area (Å²) < 4.78 is 7.04. The number of esters is 1. The topological polar surface area (TPSA) is 76.5 Å². The van der Waals surface area contributed by atoms with E-state index in [1.807, 2.05) is 30.5 Å². The summed E-state index contributed by atoms with van der Waals surface area (Å²) in [5.41, 5.74) is 2.08. The summed E-state index contributed by atoms with van der Waals surface area (Å²) in [7, 11) is 0. The van der Waals surface area contributed by atoms with Crippen LogP contribution in [0.4, 0.5) is 4.79 Å². The highest BCUT2D eigenvalue weighted by molar-refractivity contribution is 5.76. The van der Waals surface area contributed by atoms with E-state index in [2.05, 4.69) is 14.9 Å². The molecule has 7 nitrogen and oxygen atoms in total. The van der Waals surface area contributed by atoms with E-state index >= 15 is 0 Å². The van der Waals surface area contributed by atoms with E-state index in [0.717, 1.165) is 17.8 Å². The third kappa shape index (κ3) is 3.81. The molecule has 1 unspecified atom stereocenters. The average molecular weight is 342 g/mol. The van der Waals surface area contributed by atoms with Gasteiger partial charge in [0.05, 0.1) is 19.1 Å².